The van der Waals surface area contributed by atoms with Crippen LogP contribution in [0.1, 0.15) is 12.8 Å². The zero-order valence-corrected chi connectivity index (χ0v) is 10.9. The molecule has 0 aromatic heterocycles. The second-order valence-corrected chi connectivity index (χ2v) is 4.98. The maximum absolute atomic E-state index is 6.04. The molecule has 0 amide bonds. The summed E-state index contributed by atoms with van der Waals surface area (Å²) >= 11 is 17.8. The molecule has 1 saturated heterocycles. The van der Waals surface area contributed by atoms with E-state index >= 15 is 0 Å². The molecule has 1 unspecified atom stereocenters. The van der Waals surface area contributed by atoms with Gasteiger partial charge < -0.3 is 10.1 Å². The van der Waals surface area contributed by atoms with Gasteiger partial charge in [0.05, 0.1) is 26.9 Å². The first kappa shape index (κ1) is 12.3. The highest BCUT2D eigenvalue weighted by atomic mass is 35.5. The predicted octanol–water partition coefficient (Wildman–Crippen LogP) is 4.24. The lowest BCUT2D eigenvalue weighted by atomic mass is 10.2. The molecule has 2 nitrogen and oxygen atoms in total. The van der Waals surface area contributed by atoms with E-state index in [9.17, 15) is 0 Å². The van der Waals surface area contributed by atoms with E-state index in [0.717, 1.165) is 31.7 Å². The van der Waals surface area contributed by atoms with E-state index in [1.807, 2.05) is 0 Å². The molecule has 1 atom stereocenters. The molecule has 88 valence electrons. The van der Waals surface area contributed by atoms with Crippen molar-refractivity contribution in [1.29, 1.82) is 0 Å². The van der Waals surface area contributed by atoms with Crippen LogP contribution < -0.4 is 5.32 Å². The molecule has 1 aliphatic rings. The molecule has 1 N–H and O–H groups in total. The minimum absolute atomic E-state index is 0.269. The summed E-state index contributed by atoms with van der Waals surface area (Å²) in [5.41, 5.74) is 0.798. The first-order chi connectivity index (χ1) is 7.66. The molecule has 0 saturated carbocycles. The molecule has 0 aliphatic carbocycles. The molecule has 1 fully saturated rings. The van der Waals surface area contributed by atoms with E-state index in [1.165, 1.54) is 0 Å². The van der Waals surface area contributed by atoms with E-state index in [0.29, 0.717) is 15.1 Å². The molecular formula is C11H12Cl3NO. The Morgan fingerprint density at radius 1 is 1.19 bits per heavy atom. The van der Waals surface area contributed by atoms with Crippen LogP contribution in [0.4, 0.5) is 5.69 Å². The zero-order valence-electron chi connectivity index (χ0n) is 8.60. The predicted molar refractivity (Wildman–Crippen MR) is 68.9 cm³/mol. The van der Waals surface area contributed by atoms with Crippen molar-refractivity contribution in [3.63, 3.8) is 0 Å². The molecule has 0 bridgehead atoms. The van der Waals surface area contributed by atoms with Gasteiger partial charge in [-0.3, -0.25) is 0 Å². The van der Waals surface area contributed by atoms with E-state index in [2.05, 4.69) is 5.32 Å². The van der Waals surface area contributed by atoms with Crippen molar-refractivity contribution in [3.8, 4) is 0 Å². The highest BCUT2D eigenvalue weighted by molar-refractivity contribution is 6.44. The van der Waals surface area contributed by atoms with Gasteiger partial charge in [-0.1, -0.05) is 34.8 Å². The van der Waals surface area contributed by atoms with Gasteiger partial charge in [0.1, 0.15) is 0 Å². The molecule has 1 aliphatic heterocycles. The molecule has 0 radical (unpaired) electrons. The van der Waals surface area contributed by atoms with Gasteiger partial charge in [0.2, 0.25) is 0 Å². The SMILES string of the molecule is Clc1cc(Cl)c(NCC2CCCO2)cc1Cl. The second kappa shape index (κ2) is 5.46. The Balaban J connectivity index is 2.00. The fourth-order valence-corrected chi connectivity index (χ4v) is 2.30. The van der Waals surface area contributed by atoms with E-state index in [-0.39, 0.29) is 6.10 Å². The molecule has 2 rings (SSSR count). The van der Waals surface area contributed by atoms with Crippen LogP contribution in [0.25, 0.3) is 0 Å². The van der Waals surface area contributed by atoms with Gasteiger partial charge in [0, 0.05) is 13.2 Å². The fourth-order valence-electron chi connectivity index (χ4n) is 1.69. The number of nitrogens with one attached hydrogen (secondary N) is 1. The number of rotatable bonds is 3. The second-order valence-electron chi connectivity index (χ2n) is 3.76. The number of ether oxygens (including phenoxy) is 1. The van der Waals surface area contributed by atoms with Crippen LogP contribution in [0.15, 0.2) is 12.1 Å². The summed E-state index contributed by atoms with van der Waals surface area (Å²) in [6, 6.07) is 3.38. The number of anilines is 1. The van der Waals surface area contributed by atoms with Crippen LogP contribution in [-0.2, 0) is 4.74 Å². The van der Waals surface area contributed by atoms with Gasteiger partial charge in [-0.15, -0.1) is 0 Å². The van der Waals surface area contributed by atoms with Crippen LogP contribution in [0.2, 0.25) is 15.1 Å². The standard InChI is InChI=1S/C11H12Cl3NO/c12-8-4-10(14)11(5-9(8)13)15-6-7-2-1-3-16-7/h4-5,7,15H,1-3,6H2. The first-order valence-corrected chi connectivity index (χ1v) is 6.30. The Morgan fingerprint density at radius 2 is 1.94 bits per heavy atom. The Labute approximate surface area is 110 Å². The van der Waals surface area contributed by atoms with E-state index in [4.69, 9.17) is 39.5 Å². The van der Waals surface area contributed by atoms with Gasteiger partial charge in [-0.2, -0.15) is 0 Å². The highest BCUT2D eigenvalue weighted by Gasteiger charge is 2.15. The van der Waals surface area contributed by atoms with Gasteiger partial charge in [-0.25, -0.2) is 0 Å². The lowest BCUT2D eigenvalue weighted by Gasteiger charge is -2.13. The monoisotopic (exact) mass is 279 g/mol. The lowest BCUT2D eigenvalue weighted by molar-refractivity contribution is 0.120. The molecule has 1 heterocycles. The number of hydrogen-bond acceptors (Lipinski definition) is 2. The van der Waals surface area contributed by atoms with Crippen LogP contribution in [0, 0.1) is 0 Å². The summed E-state index contributed by atoms with van der Waals surface area (Å²) in [5, 5.41) is 4.77. The maximum atomic E-state index is 6.04. The maximum Gasteiger partial charge on any atom is 0.0748 e. The highest BCUT2D eigenvalue weighted by Crippen LogP contribution is 2.32. The summed E-state index contributed by atoms with van der Waals surface area (Å²) in [6.07, 6.45) is 2.48. The van der Waals surface area contributed by atoms with Crippen molar-refractivity contribution >= 4 is 40.5 Å². The molecule has 5 heteroatoms. The van der Waals surface area contributed by atoms with Crippen molar-refractivity contribution in [2.75, 3.05) is 18.5 Å². The Morgan fingerprint density at radius 3 is 2.62 bits per heavy atom. The number of hydrogen-bond donors (Lipinski definition) is 1. The van der Waals surface area contributed by atoms with Crippen molar-refractivity contribution in [1.82, 2.24) is 0 Å². The summed E-state index contributed by atoms with van der Waals surface area (Å²) in [5.74, 6) is 0. The Hall–Kier alpha value is -0.150. The van der Waals surface area contributed by atoms with Gasteiger partial charge >= 0.3 is 0 Å². The zero-order chi connectivity index (χ0) is 11.5. The number of halogens is 3. The first-order valence-electron chi connectivity index (χ1n) is 5.17. The molecule has 16 heavy (non-hydrogen) atoms. The normalized spacial score (nSPS) is 20.1. The lowest BCUT2D eigenvalue weighted by Crippen LogP contribution is -2.18. The quantitative estimate of drug-likeness (QED) is 0.836. The third-order valence-electron chi connectivity index (χ3n) is 2.55. The average Bonchev–Trinajstić information content (AvgIpc) is 2.74. The molecular weight excluding hydrogens is 268 g/mol. The summed E-state index contributed by atoms with van der Waals surface area (Å²) < 4.78 is 5.50. The average molecular weight is 281 g/mol. The van der Waals surface area contributed by atoms with Crippen molar-refractivity contribution < 1.29 is 4.74 Å². The molecule has 1 aromatic carbocycles. The molecule has 1 aromatic rings. The van der Waals surface area contributed by atoms with Gasteiger partial charge in [0.25, 0.3) is 0 Å². The summed E-state index contributed by atoms with van der Waals surface area (Å²) in [6.45, 7) is 1.60. The van der Waals surface area contributed by atoms with Crippen LogP contribution >= 0.6 is 34.8 Å². The van der Waals surface area contributed by atoms with Crippen LogP contribution in [-0.4, -0.2) is 19.3 Å². The van der Waals surface area contributed by atoms with E-state index < -0.39 is 0 Å². The van der Waals surface area contributed by atoms with Crippen molar-refractivity contribution in [3.05, 3.63) is 27.2 Å². The summed E-state index contributed by atoms with van der Waals surface area (Å²) in [7, 11) is 0. The van der Waals surface area contributed by atoms with Crippen molar-refractivity contribution in [2.24, 2.45) is 0 Å². The van der Waals surface area contributed by atoms with Crippen LogP contribution in [0.3, 0.4) is 0 Å². The fraction of sp³-hybridized carbons (Fsp3) is 0.455. The van der Waals surface area contributed by atoms with E-state index in [1.54, 1.807) is 12.1 Å². The smallest absolute Gasteiger partial charge is 0.0748 e. The Bertz CT molecular complexity index is 378. The summed E-state index contributed by atoms with van der Waals surface area (Å²) in [4.78, 5) is 0. The van der Waals surface area contributed by atoms with Crippen LogP contribution in [0.5, 0.6) is 0 Å². The minimum Gasteiger partial charge on any atom is -0.381 e. The van der Waals surface area contributed by atoms with Crippen molar-refractivity contribution in [2.45, 2.75) is 18.9 Å². The largest absolute Gasteiger partial charge is 0.381 e. The van der Waals surface area contributed by atoms with Gasteiger partial charge in [0.15, 0.2) is 0 Å². The Kier molecular flexibility index (Phi) is 4.20. The third-order valence-corrected chi connectivity index (χ3v) is 3.59. The minimum atomic E-state index is 0.269. The third kappa shape index (κ3) is 2.95. The molecule has 0 spiro atoms. The van der Waals surface area contributed by atoms with Gasteiger partial charge in [-0.05, 0) is 25.0 Å². The number of benzene rings is 1. The topological polar surface area (TPSA) is 21.3 Å².